The normalized spacial score (nSPS) is 21.6. The lowest BCUT2D eigenvalue weighted by atomic mass is 9.83. The molecule has 0 N–H and O–H groups in total. The molecule has 0 aromatic rings. The Labute approximate surface area is 177 Å². The average Bonchev–Trinajstić information content (AvgIpc) is 2.56. The van der Waals surface area contributed by atoms with Gasteiger partial charge < -0.3 is 9.33 Å². The Balaban J connectivity index is 2.44. The van der Waals surface area contributed by atoms with Crippen molar-refractivity contribution in [1.82, 2.24) is 4.90 Å². The van der Waals surface area contributed by atoms with E-state index in [1.807, 2.05) is 0 Å². The zero-order chi connectivity index (χ0) is 21.6. The molecule has 0 aromatic heterocycles. The van der Waals surface area contributed by atoms with Gasteiger partial charge in [-0.2, -0.15) is 0 Å². The highest BCUT2D eigenvalue weighted by Gasteiger charge is 2.37. The van der Waals surface area contributed by atoms with E-state index in [0.717, 1.165) is 26.0 Å². The van der Waals surface area contributed by atoms with Crippen molar-refractivity contribution in [3.8, 4) is 0 Å². The third-order valence-electron chi connectivity index (χ3n) is 6.93. The third kappa shape index (κ3) is 7.82. The lowest BCUT2D eigenvalue weighted by molar-refractivity contribution is -0.144. The standard InChI is InChI=1S/C24H49NO2Si/c1-20-16-12-13-17-21(20)25(22(26)23(2,3)4)18-14-10-11-15-19-27-28(8,9)24(5,6)7/h20-21H,10-19H2,1-9H3. The number of unbranched alkanes of at least 4 members (excludes halogenated alkanes) is 3. The van der Waals surface area contributed by atoms with Crippen LogP contribution in [0.4, 0.5) is 0 Å². The van der Waals surface area contributed by atoms with Gasteiger partial charge in [-0.05, 0) is 49.7 Å². The van der Waals surface area contributed by atoms with Gasteiger partial charge in [-0.15, -0.1) is 0 Å². The molecule has 28 heavy (non-hydrogen) atoms. The lowest BCUT2D eigenvalue weighted by Crippen LogP contribution is -2.49. The lowest BCUT2D eigenvalue weighted by Gasteiger charge is -2.41. The first kappa shape index (κ1) is 25.7. The van der Waals surface area contributed by atoms with Gasteiger partial charge in [0, 0.05) is 24.6 Å². The van der Waals surface area contributed by atoms with Crippen LogP contribution in [0.1, 0.15) is 99.8 Å². The maximum Gasteiger partial charge on any atom is 0.228 e. The molecule has 0 spiro atoms. The van der Waals surface area contributed by atoms with Crippen LogP contribution in [0.15, 0.2) is 0 Å². The molecule has 0 bridgehead atoms. The largest absolute Gasteiger partial charge is 0.417 e. The van der Waals surface area contributed by atoms with Crippen LogP contribution in [0, 0.1) is 11.3 Å². The molecular formula is C24H49NO2Si. The maximum atomic E-state index is 13.1. The van der Waals surface area contributed by atoms with Crippen molar-refractivity contribution in [3.63, 3.8) is 0 Å². The molecule has 166 valence electrons. The molecule has 0 radical (unpaired) electrons. The minimum absolute atomic E-state index is 0.284. The molecule has 0 aliphatic heterocycles. The molecule has 1 aliphatic carbocycles. The van der Waals surface area contributed by atoms with Gasteiger partial charge in [0.25, 0.3) is 0 Å². The number of nitrogens with zero attached hydrogens (tertiary/aromatic N) is 1. The highest BCUT2D eigenvalue weighted by atomic mass is 28.4. The van der Waals surface area contributed by atoms with Crippen molar-refractivity contribution < 1.29 is 9.22 Å². The minimum atomic E-state index is -1.61. The van der Waals surface area contributed by atoms with E-state index in [2.05, 4.69) is 66.5 Å². The second-order valence-corrected chi connectivity index (χ2v) is 16.4. The Morgan fingerprint density at radius 1 is 0.964 bits per heavy atom. The molecule has 2 unspecified atom stereocenters. The molecule has 0 saturated heterocycles. The van der Waals surface area contributed by atoms with Gasteiger partial charge in [0.05, 0.1) is 0 Å². The molecule has 0 aromatic carbocycles. The van der Waals surface area contributed by atoms with Gasteiger partial charge in [0.2, 0.25) is 5.91 Å². The van der Waals surface area contributed by atoms with Crippen molar-refractivity contribution in [3.05, 3.63) is 0 Å². The Morgan fingerprint density at radius 2 is 1.54 bits per heavy atom. The highest BCUT2D eigenvalue weighted by Crippen LogP contribution is 2.36. The SMILES string of the molecule is CC1CCCCC1N(CCCCCCO[Si](C)(C)C(C)(C)C)C(=O)C(C)(C)C. The Morgan fingerprint density at radius 3 is 2.07 bits per heavy atom. The first-order valence-corrected chi connectivity index (χ1v) is 14.6. The molecule has 1 rings (SSSR count). The molecule has 3 nitrogen and oxygen atoms in total. The van der Waals surface area contributed by atoms with Crippen LogP contribution in [0.3, 0.4) is 0 Å². The fourth-order valence-electron chi connectivity index (χ4n) is 3.89. The van der Waals surface area contributed by atoms with Crippen molar-refractivity contribution in [2.45, 2.75) is 124 Å². The summed E-state index contributed by atoms with van der Waals surface area (Å²) in [5, 5.41) is 0.289. The summed E-state index contributed by atoms with van der Waals surface area (Å²) in [4.78, 5) is 15.3. The van der Waals surface area contributed by atoms with E-state index in [4.69, 9.17) is 4.43 Å². The van der Waals surface area contributed by atoms with Gasteiger partial charge in [-0.3, -0.25) is 4.79 Å². The zero-order valence-corrected chi connectivity index (χ0v) is 21.5. The first-order valence-electron chi connectivity index (χ1n) is 11.7. The summed E-state index contributed by atoms with van der Waals surface area (Å²) < 4.78 is 6.29. The van der Waals surface area contributed by atoms with Gasteiger partial charge in [0.1, 0.15) is 0 Å². The molecule has 4 heteroatoms. The van der Waals surface area contributed by atoms with Gasteiger partial charge in [-0.25, -0.2) is 0 Å². The Bertz CT molecular complexity index is 476. The van der Waals surface area contributed by atoms with E-state index in [-0.39, 0.29) is 10.5 Å². The topological polar surface area (TPSA) is 29.5 Å². The van der Waals surface area contributed by atoms with Crippen molar-refractivity contribution in [2.75, 3.05) is 13.2 Å². The average molecular weight is 412 g/mol. The van der Waals surface area contributed by atoms with Crippen molar-refractivity contribution in [1.29, 1.82) is 0 Å². The van der Waals surface area contributed by atoms with Crippen LogP contribution in [-0.2, 0) is 9.22 Å². The summed E-state index contributed by atoms with van der Waals surface area (Å²) >= 11 is 0. The van der Waals surface area contributed by atoms with Gasteiger partial charge in [0.15, 0.2) is 8.32 Å². The minimum Gasteiger partial charge on any atom is -0.417 e. The number of carbonyl (C=O) groups excluding carboxylic acids is 1. The van der Waals surface area contributed by atoms with Gasteiger partial charge in [-0.1, -0.05) is 74.1 Å². The van der Waals surface area contributed by atoms with E-state index in [9.17, 15) is 4.79 Å². The number of hydrogen-bond donors (Lipinski definition) is 0. The molecule has 1 fully saturated rings. The van der Waals surface area contributed by atoms with E-state index < -0.39 is 8.32 Å². The van der Waals surface area contributed by atoms with Crippen LogP contribution >= 0.6 is 0 Å². The van der Waals surface area contributed by atoms with E-state index in [0.29, 0.717) is 17.9 Å². The van der Waals surface area contributed by atoms with E-state index in [1.54, 1.807) is 0 Å². The molecule has 0 heterocycles. The molecule has 1 saturated carbocycles. The van der Waals surface area contributed by atoms with Crippen LogP contribution in [-0.4, -0.2) is 38.3 Å². The summed E-state index contributed by atoms with van der Waals surface area (Å²) in [6.45, 7) is 21.9. The zero-order valence-electron chi connectivity index (χ0n) is 20.5. The van der Waals surface area contributed by atoms with Crippen LogP contribution in [0.2, 0.25) is 18.1 Å². The highest BCUT2D eigenvalue weighted by molar-refractivity contribution is 6.74. The quantitative estimate of drug-likeness (QED) is 0.301. The number of rotatable bonds is 9. The van der Waals surface area contributed by atoms with Crippen LogP contribution in [0.25, 0.3) is 0 Å². The fourth-order valence-corrected chi connectivity index (χ4v) is 4.98. The molecule has 1 aliphatic rings. The summed E-state index contributed by atoms with van der Waals surface area (Å²) in [6.07, 6.45) is 9.69. The van der Waals surface area contributed by atoms with Crippen molar-refractivity contribution in [2.24, 2.45) is 11.3 Å². The fraction of sp³-hybridized carbons (Fsp3) is 0.958. The molecule has 2 atom stereocenters. The second-order valence-electron chi connectivity index (χ2n) is 11.6. The van der Waals surface area contributed by atoms with Gasteiger partial charge >= 0.3 is 0 Å². The number of carbonyl (C=O) groups is 1. The van der Waals surface area contributed by atoms with E-state index in [1.165, 1.54) is 38.5 Å². The molecular weight excluding hydrogens is 362 g/mol. The second kappa shape index (κ2) is 10.6. The predicted octanol–water partition coefficient (Wildman–Crippen LogP) is 7.02. The smallest absolute Gasteiger partial charge is 0.228 e. The third-order valence-corrected chi connectivity index (χ3v) is 11.5. The molecule has 1 amide bonds. The number of amides is 1. The monoisotopic (exact) mass is 411 g/mol. The summed E-state index contributed by atoms with van der Waals surface area (Å²) in [5.74, 6) is 0.977. The summed E-state index contributed by atoms with van der Waals surface area (Å²) in [6, 6.07) is 0.447. The Hall–Kier alpha value is -0.353. The van der Waals surface area contributed by atoms with Crippen molar-refractivity contribution >= 4 is 14.2 Å². The first-order chi connectivity index (χ1) is 12.8. The number of hydrogen-bond acceptors (Lipinski definition) is 2. The van der Waals surface area contributed by atoms with Crippen LogP contribution in [0.5, 0.6) is 0 Å². The maximum absolute atomic E-state index is 13.1. The van der Waals surface area contributed by atoms with E-state index >= 15 is 0 Å². The van der Waals surface area contributed by atoms with Crippen LogP contribution < -0.4 is 0 Å². The summed E-state index contributed by atoms with van der Waals surface area (Å²) in [7, 11) is -1.61. The summed E-state index contributed by atoms with van der Waals surface area (Å²) in [5.41, 5.74) is -0.284. The predicted molar refractivity (Wildman–Crippen MR) is 124 cm³/mol. The Kier molecular flexibility index (Phi) is 9.73.